The van der Waals surface area contributed by atoms with Gasteiger partial charge in [0.05, 0.1) is 11.0 Å². The largest absolute Gasteiger partial charge is 0.480 e. The molecule has 1 aromatic heterocycles. The summed E-state index contributed by atoms with van der Waals surface area (Å²) >= 11 is 0. The van der Waals surface area contributed by atoms with Gasteiger partial charge in [-0.1, -0.05) is 19.9 Å². The van der Waals surface area contributed by atoms with Crippen molar-refractivity contribution < 1.29 is 9.90 Å². The third-order valence-corrected chi connectivity index (χ3v) is 3.21. The van der Waals surface area contributed by atoms with Crippen molar-refractivity contribution in [3.63, 3.8) is 0 Å². The molecule has 5 heteroatoms. The van der Waals surface area contributed by atoms with Gasteiger partial charge in [-0.25, -0.2) is 4.98 Å². The van der Waals surface area contributed by atoms with Crippen LogP contribution >= 0.6 is 0 Å². The fourth-order valence-electron chi connectivity index (χ4n) is 2.15. The number of fused-ring (bicyclic) bond motifs is 1. The molecule has 0 aliphatic heterocycles. The maximum Gasteiger partial charge on any atom is 0.325 e. The monoisotopic (exact) mass is 261 g/mol. The molecule has 102 valence electrons. The normalized spacial score (nSPS) is 13.1. The van der Waals surface area contributed by atoms with Gasteiger partial charge in [0.2, 0.25) is 0 Å². The van der Waals surface area contributed by atoms with Gasteiger partial charge in [-0.15, -0.1) is 0 Å². The van der Waals surface area contributed by atoms with Gasteiger partial charge >= 0.3 is 5.97 Å². The second kappa shape index (κ2) is 5.01. The Morgan fingerprint density at radius 3 is 2.74 bits per heavy atom. The van der Waals surface area contributed by atoms with Crippen LogP contribution < -0.4 is 5.73 Å². The van der Waals surface area contributed by atoms with Gasteiger partial charge in [-0.2, -0.15) is 0 Å². The molecule has 1 unspecified atom stereocenters. The van der Waals surface area contributed by atoms with Crippen LogP contribution in [0.4, 0.5) is 0 Å². The van der Waals surface area contributed by atoms with E-state index in [0.717, 1.165) is 23.3 Å². The van der Waals surface area contributed by atoms with Gasteiger partial charge in [-0.3, -0.25) is 4.79 Å². The Labute approximate surface area is 112 Å². The van der Waals surface area contributed by atoms with E-state index in [1.807, 2.05) is 17.7 Å². The Balaban J connectivity index is 2.46. The molecule has 1 heterocycles. The van der Waals surface area contributed by atoms with Crippen LogP contribution in [0.1, 0.15) is 31.3 Å². The highest BCUT2D eigenvalue weighted by Crippen LogP contribution is 2.21. The van der Waals surface area contributed by atoms with E-state index in [1.54, 1.807) is 12.1 Å². The molecule has 0 saturated carbocycles. The Hall–Kier alpha value is -1.88. The molecular weight excluding hydrogens is 242 g/mol. The number of benzene rings is 1. The number of imidazole rings is 1. The minimum Gasteiger partial charge on any atom is -0.480 e. The van der Waals surface area contributed by atoms with Crippen LogP contribution in [-0.4, -0.2) is 20.6 Å². The first-order valence-corrected chi connectivity index (χ1v) is 6.33. The van der Waals surface area contributed by atoms with E-state index >= 15 is 0 Å². The number of aliphatic carboxylic acids is 1. The van der Waals surface area contributed by atoms with E-state index < -0.39 is 12.0 Å². The number of aryl methyl sites for hydroxylation is 1. The molecule has 0 bridgehead atoms. The van der Waals surface area contributed by atoms with Gasteiger partial charge in [-0.05, 0) is 23.6 Å². The number of rotatable bonds is 4. The third kappa shape index (κ3) is 2.61. The molecule has 0 spiro atoms. The first-order chi connectivity index (χ1) is 8.90. The number of aromatic nitrogens is 2. The minimum absolute atomic E-state index is 0.524. The number of hydrogen-bond donors (Lipinski definition) is 2. The maximum atomic E-state index is 10.9. The summed E-state index contributed by atoms with van der Waals surface area (Å²) in [6.45, 7) is 4.29. The van der Waals surface area contributed by atoms with Crippen LogP contribution in [-0.2, 0) is 18.3 Å². The highest BCUT2D eigenvalue weighted by molar-refractivity contribution is 5.81. The van der Waals surface area contributed by atoms with Crippen molar-refractivity contribution >= 4 is 17.0 Å². The van der Waals surface area contributed by atoms with Gasteiger partial charge in [0.15, 0.2) is 0 Å². The molecule has 1 aromatic carbocycles. The molecule has 0 aliphatic carbocycles. The number of carboxylic acids is 1. The smallest absolute Gasteiger partial charge is 0.325 e. The van der Waals surface area contributed by atoms with Crippen molar-refractivity contribution in [2.75, 3.05) is 0 Å². The quantitative estimate of drug-likeness (QED) is 0.880. The topological polar surface area (TPSA) is 81.1 Å². The van der Waals surface area contributed by atoms with Crippen molar-refractivity contribution in [2.45, 2.75) is 26.3 Å². The zero-order valence-corrected chi connectivity index (χ0v) is 11.4. The zero-order chi connectivity index (χ0) is 14.2. The van der Waals surface area contributed by atoms with E-state index in [0.29, 0.717) is 11.5 Å². The molecule has 2 aromatic rings. The zero-order valence-electron chi connectivity index (χ0n) is 11.4. The second-order valence-corrected chi connectivity index (χ2v) is 5.25. The Bertz CT molecular complexity index is 616. The molecule has 0 radical (unpaired) electrons. The lowest BCUT2D eigenvalue weighted by atomic mass is 10.1. The lowest BCUT2D eigenvalue weighted by Gasteiger charge is -2.06. The van der Waals surface area contributed by atoms with Crippen LogP contribution in [0.5, 0.6) is 0 Å². The lowest BCUT2D eigenvalue weighted by molar-refractivity contribution is -0.138. The molecule has 1 atom stereocenters. The predicted octanol–water partition coefficient (Wildman–Crippen LogP) is 1.86. The molecule has 2 rings (SSSR count). The first-order valence-electron chi connectivity index (χ1n) is 6.33. The second-order valence-electron chi connectivity index (χ2n) is 5.25. The fourth-order valence-corrected chi connectivity index (χ4v) is 2.15. The summed E-state index contributed by atoms with van der Waals surface area (Å²) in [7, 11) is 1.98. The number of nitrogens with two attached hydrogens (primary N) is 1. The molecule has 3 N–H and O–H groups in total. The summed E-state index contributed by atoms with van der Waals surface area (Å²) in [5.74, 6) is 0.500. The summed E-state index contributed by atoms with van der Waals surface area (Å²) in [6, 6.07) is 4.39. The van der Waals surface area contributed by atoms with Crippen molar-refractivity contribution in [3.05, 3.63) is 29.6 Å². The lowest BCUT2D eigenvalue weighted by Crippen LogP contribution is -2.20. The van der Waals surface area contributed by atoms with Gasteiger partial charge in [0.1, 0.15) is 11.9 Å². The number of nitrogens with zero attached hydrogens (tertiary/aromatic N) is 2. The molecule has 5 nitrogen and oxygen atoms in total. The standard InChI is InChI=1S/C14H19N3O2/c1-8(2)6-12-16-10-7-9(13(15)14(18)19)4-5-11(10)17(12)3/h4-5,7-8,13H,6,15H2,1-3H3,(H,18,19). The summed E-state index contributed by atoms with van der Waals surface area (Å²) < 4.78 is 2.05. The molecule has 0 saturated heterocycles. The first kappa shape index (κ1) is 13.5. The number of carbonyl (C=O) groups is 1. The van der Waals surface area contributed by atoms with Crippen LogP contribution in [0.3, 0.4) is 0 Å². The highest BCUT2D eigenvalue weighted by Gasteiger charge is 2.16. The van der Waals surface area contributed by atoms with Crippen LogP contribution in [0, 0.1) is 5.92 Å². The average Bonchev–Trinajstić information content (AvgIpc) is 2.64. The maximum absolute atomic E-state index is 10.9. The fraction of sp³-hybridized carbons (Fsp3) is 0.429. The van der Waals surface area contributed by atoms with Gasteiger partial charge < -0.3 is 15.4 Å². The average molecular weight is 261 g/mol. The third-order valence-electron chi connectivity index (χ3n) is 3.21. The molecule has 19 heavy (non-hydrogen) atoms. The van der Waals surface area contributed by atoms with Crippen molar-refractivity contribution in [3.8, 4) is 0 Å². The SMILES string of the molecule is CC(C)Cc1nc2cc(C(N)C(=O)O)ccc2n1C. The van der Waals surface area contributed by atoms with Crippen molar-refractivity contribution in [2.24, 2.45) is 18.7 Å². The summed E-state index contributed by atoms with van der Waals surface area (Å²) in [5.41, 5.74) is 7.99. The number of hydrogen-bond acceptors (Lipinski definition) is 3. The van der Waals surface area contributed by atoms with Gasteiger partial charge in [0.25, 0.3) is 0 Å². The molecule has 0 aliphatic rings. The number of carboxylic acid groups (broad SMARTS) is 1. The van der Waals surface area contributed by atoms with Crippen molar-refractivity contribution in [1.29, 1.82) is 0 Å². The summed E-state index contributed by atoms with van der Waals surface area (Å²) in [4.78, 5) is 15.5. The van der Waals surface area contributed by atoms with Crippen LogP contribution in [0.25, 0.3) is 11.0 Å². The van der Waals surface area contributed by atoms with E-state index in [2.05, 4.69) is 18.8 Å². The predicted molar refractivity (Wildman–Crippen MR) is 73.8 cm³/mol. The van der Waals surface area contributed by atoms with E-state index in [-0.39, 0.29) is 0 Å². The van der Waals surface area contributed by atoms with Gasteiger partial charge in [0, 0.05) is 13.5 Å². The van der Waals surface area contributed by atoms with E-state index in [1.165, 1.54) is 0 Å². The minimum atomic E-state index is -1.03. The van der Waals surface area contributed by atoms with E-state index in [4.69, 9.17) is 10.8 Å². The van der Waals surface area contributed by atoms with Crippen LogP contribution in [0.15, 0.2) is 18.2 Å². The molecule has 0 fully saturated rings. The Morgan fingerprint density at radius 1 is 1.47 bits per heavy atom. The summed E-state index contributed by atoms with van der Waals surface area (Å²) in [6.07, 6.45) is 0.894. The molecule has 0 amide bonds. The summed E-state index contributed by atoms with van der Waals surface area (Å²) in [5, 5.41) is 8.94. The van der Waals surface area contributed by atoms with Crippen molar-refractivity contribution in [1.82, 2.24) is 9.55 Å². The van der Waals surface area contributed by atoms with Crippen LogP contribution in [0.2, 0.25) is 0 Å². The Kier molecular flexibility index (Phi) is 3.57. The highest BCUT2D eigenvalue weighted by atomic mass is 16.4. The Morgan fingerprint density at radius 2 is 2.16 bits per heavy atom. The van der Waals surface area contributed by atoms with E-state index in [9.17, 15) is 4.79 Å². The molecular formula is C14H19N3O2.